The lowest BCUT2D eigenvalue weighted by atomic mass is 10.2. The highest BCUT2D eigenvalue weighted by atomic mass is 32.2. The van der Waals surface area contributed by atoms with E-state index in [1.165, 1.54) is 17.8 Å². The second-order valence-corrected chi connectivity index (χ2v) is 7.63. The summed E-state index contributed by atoms with van der Waals surface area (Å²) in [5.74, 6) is -0.695. The minimum Gasteiger partial charge on any atom is -0.497 e. The smallest absolute Gasteiger partial charge is 0.262 e. The van der Waals surface area contributed by atoms with Crippen LogP contribution in [0.25, 0.3) is 10.9 Å². The normalized spacial score (nSPS) is 11.0. The predicted octanol–water partition coefficient (Wildman–Crippen LogP) is 5.02. The average Bonchev–Trinajstić information content (AvgIpc) is 2.77. The molecule has 0 fully saturated rings. The maximum Gasteiger partial charge on any atom is 0.262 e. The number of thioether (sulfide) groups is 1. The summed E-state index contributed by atoms with van der Waals surface area (Å²) < 4.78 is 33.5. The van der Waals surface area contributed by atoms with Crippen LogP contribution >= 0.6 is 11.8 Å². The monoisotopic (exact) mass is 424 g/mol. The van der Waals surface area contributed by atoms with E-state index in [4.69, 9.17) is 4.74 Å². The maximum atomic E-state index is 13.5. The summed E-state index contributed by atoms with van der Waals surface area (Å²) in [5, 5.41) is 1.04. The van der Waals surface area contributed by atoms with E-state index in [1.807, 2.05) is 30.3 Å². The van der Waals surface area contributed by atoms with Crippen LogP contribution in [0.15, 0.2) is 76.7 Å². The van der Waals surface area contributed by atoms with Gasteiger partial charge in [0.2, 0.25) is 0 Å². The molecule has 4 nitrogen and oxygen atoms in total. The Kier molecular flexibility index (Phi) is 5.81. The van der Waals surface area contributed by atoms with Crippen LogP contribution < -0.4 is 10.3 Å². The molecule has 4 aromatic rings. The molecule has 0 unspecified atom stereocenters. The summed E-state index contributed by atoms with van der Waals surface area (Å²) in [7, 11) is 1.60. The molecule has 1 heterocycles. The number of aromatic nitrogens is 2. The molecule has 0 bridgehead atoms. The van der Waals surface area contributed by atoms with Crippen LogP contribution in [0.3, 0.4) is 0 Å². The van der Waals surface area contributed by atoms with Crippen molar-refractivity contribution < 1.29 is 13.5 Å². The standard InChI is InChI=1S/C23H18F2N2O2S/c1-29-17-9-6-15(7-10-17)13-27-22(28)18-4-2-3-5-21(18)26-23(27)30-14-16-8-11-19(24)20(25)12-16/h2-12H,13-14H2,1H3. The van der Waals surface area contributed by atoms with Crippen molar-refractivity contribution in [1.29, 1.82) is 0 Å². The van der Waals surface area contributed by atoms with Crippen LogP contribution in [0.2, 0.25) is 0 Å². The summed E-state index contributed by atoms with van der Waals surface area (Å²) in [4.78, 5) is 17.8. The zero-order valence-corrected chi connectivity index (χ0v) is 17.0. The minimum absolute atomic E-state index is 0.149. The van der Waals surface area contributed by atoms with Gasteiger partial charge < -0.3 is 4.74 Å². The number of methoxy groups -OCH3 is 1. The van der Waals surface area contributed by atoms with Gasteiger partial charge in [0.05, 0.1) is 24.6 Å². The first-order valence-corrected chi connectivity index (χ1v) is 10.2. The molecule has 30 heavy (non-hydrogen) atoms. The largest absolute Gasteiger partial charge is 0.497 e. The Morgan fingerprint density at radius 3 is 2.43 bits per heavy atom. The first kappa shape index (κ1) is 20.1. The summed E-state index contributed by atoms with van der Waals surface area (Å²) >= 11 is 1.31. The Morgan fingerprint density at radius 2 is 1.70 bits per heavy atom. The Hall–Kier alpha value is -3.19. The lowest BCUT2D eigenvalue weighted by molar-refractivity contribution is 0.414. The zero-order chi connectivity index (χ0) is 21.1. The quantitative estimate of drug-likeness (QED) is 0.322. The number of benzene rings is 3. The minimum atomic E-state index is -0.893. The molecule has 0 radical (unpaired) electrons. The van der Waals surface area contributed by atoms with Crippen molar-refractivity contribution in [2.45, 2.75) is 17.5 Å². The van der Waals surface area contributed by atoms with E-state index in [0.29, 0.717) is 33.9 Å². The fourth-order valence-corrected chi connectivity index (χ4v) is 4.03. The summed E-state index contributed by atoms with van der Waals surface area (Å²) in [5.41, 5.74) is 1.98. The van der Waals surface area contributed by atoms with Gasteiger partial charge in [-0.2, -0.15) is 0 Å². The van der Waals surface area contributed by atoms with Gasteiger partial charge in [0.15, 0.2) is 16.8 Å². The van der Waals surface area contributed by atoms with Gasteiger partial charge in [-0.15, -0.1) is 0 Å². The van der Waals surface area contributed by atoms with Crippen LogP contribution in [-0.2, 0) is 12.3 Å². The van der Waals surface area contributed by atoms with Gasteiger partial charge in [-0.25, -0.2) is 13.8 Å². The topological polar surface area (TPSA) is 44.1 Å². The van der Waals surface area contributed by atoms with Crippen molar-refractivity contribution in [3.8, 4) is 5.75 Å². The van der Waals surface area contributed by atoms with E-state index in [2.05, 4.69) is 4.98 Å². The number of fused-ring (bicyclic) bond motifs is 1. The molecule has 0 amide bonds. The molecule has 4 rings (SSSR count). The molecule has 1 aromatic heterocycles. The van der Waals surface area contributed by atoms with E-state index in [9.17, 15) is 13.6 Å². The highest BCUT2D eigenvalue weighted by Crippen LogP contribution is 2.24. The molecule has 152 valence electrons. The van der Waals surface area contributed by atoms with Gasteiger partial charge in [-0.05, 0) is 47.5 Å². The van der Waals surface area contributed by atoms with Crippen LogP contribution in [0.5, 0.6) is 5.75 Å². The number of nitrogens with zero attached hydrogens (tertiary/aromatic N) is 2. The van der Waals surface area contributed by atoms with Gasteiger partial charge in [-0.3, -0.25) is 9.36 Å². The number of hydrogen-bond acceptors (Lipinski definition) is 4. The second kappa shape index (κ2) is 8.67. The molecule has 0 aliphatic carbocycles. The number of ether oxygens (including phenoxy) is 1. The molecule has 0 saturated carbocycles. The fraction of sp³-hybridized carbons (Fsp3) is 0.130. The summed E-state index contributed by atoms with van der Waals surface area (Å²) in [6.45, 7) is 0.334. The molecule has 0 N–H and O–H groups in total. The average molecular weight is 424 g/mol. The van der Waals surface area contributed by atoms with Crippen LogP contribution in [0.4, 0.5) is 8.78 Å². The predicted molar refractivity (Wildman–Crippen MR) is 114 cm³/mol. The SMILES string of the molecule is COc1ccc(Cn2c(SCc3ccc(F)c(F)c3)nc3ccccc3c2=O)cc1. The van der Waals surface area contributed by atoms with E-state index in [-0.39, 0.29) is 5.56 Å². The lowest BCUT2D eigenvalue weighted by Crippen LogP contribution is -2.24. The maximum absolute atomic E-state index is 13.5. The number of halogens is 2. The third-order valence-electron chi connectivity index (χ3n) is 4.68. The van der Waals surface area contributed by atoms with E-state index in [1.54, 1.807) is 29.9 Å². The highest BCUT2D eigenvalue weighted by Gasteiger charge is 2.13. The first-order valence-electron chi connectivity index (χ1n) is 9.24. The molecular formula is C23H18F2N2O2S. The highest BCUT2D eigenvalue weighted by molar-refractivity contribution is 7.98. The number of rotatable bonds is 6. The molecule has 0 aliphatic rings. The molecular weight excluding hydrogens is 406 g/mol. The van der Waals surface area contributed by atoms with Crippen LogP contribution in [0.1, 0.15) is 11.1 Å². The lowest BCUT2D eigenvalue weighted by Gasteiger charge is -2.14. The van der Waals surface area contributed by atoms with Gasteiger partial charge in [0.1, 0.15) is 5.75 Å². The summed E-state index contributed by atoms with van der Waals surface area (Å²) in [6, 6.07) is 18.4. The molecule has 0 saturated heterocycles. The molecule has 0 spiro atoms. The Labute approximate surface area is 176 Å². The zero-order valence-electron chi connectivity index (χ0n) is 16.1. The van der Waals surface area contributed by atoms with Crippen molar-refractivity contribution >= 4 is 22.7 Å². The van der Waals surface area contributed by atoms with E-state index >= 15 is 0 Å². The molecule has 3 aromatic carbocycles. The third-order valence-corrected chi connectivity index (χ3v) is 5.73. The third kappa shape index (κ3) is 4.21. The first-order chi connectivity index (χ1) is 14.5. The van der Waals surface area contributed by atoms with Crippen molar-refractivity contribution in [2.24, 2.45) is 0 Å². The molecule has 0 atom stereocenters. The fourth-order valence-electron chi connectivity index (χ4n) is 3.09. The van der Waals surface area contributed by atoms with Crippen LogP contribution in [-0.4, -0.2) is 16.7 Å². The van der Waals surface area contributed by atoms with Crippen molar-refractivity contribution in [1.82, 2.24) is 9.55 Å². The Morgan fingerprint density at radius 1 is 0.967 bits per heavy atom. The van der Waals surface area contributed by atoms with Crippen molar-refractivity contribution in [3.63, 3.8) is 0 Å². The number of hydrogen-bond donors (Lipinski definition) is 0. The van der Waals surface area contributed by atoms with Crippen molar-refractivity contribution in [2.75, 3.05) is 7.11 Å². The van der Waals surface area contributed by atoms with Crippen molar-refractivity contribution in [3.05, 3.63) is 99.8 Å². The second-order valence-electron chi connectivity index (χ2n) is 6.69. The van der Waals surface area contributed by atoms with Crippen LogP contribution in [0, 0.1) is 11.6 Å². The van der Waals surface area contributed by atoms with Gasteiger partial charge >= 0.3 is 0 Å². The van der Waals surface area contributed by atoms with Gasteiger partial charge in [-0.1, -0.05) is 42.1 Å². The van der Waals surface area contributed by atoms with E-state index in [0.717, 1.165) is 23.4 Å². The van der Waals surface area contributed by atoms with Gasteiger partial charge in [0.25, 0.3) is 5.56 Å². The number of para-hydroxylation sites is 1. The van der Waals surface area contributed by atoms with E-state index < -0.39 is 11.6 Å². The molecule has 7 heteroatoms. The summed E-state index contributed by atoms with van der Waals surface area (Å²) in [6.07, 6.45) is 0. The molecule has 0 aliphatic heterocycles. The Bertz CT molecular complexity index is 1260. The Balaban J connectivity index is 1.71. The van der Waals surface area contributed by atoms with Gasteiger partial charge in [0, 0.05) is 5.75 Å².